The van der Waals surface area contributed by atoms with Crippen LogP contribution in [0.25, 0.3) is 10.2 Å². The summed E-state index contributed by atoms with van der Waals surface area (Å²) in [5, 5.41) is 4.85. The van der Waals surface area contributed by atoms with Gasteiger partial charge >= 0.3 is 0 Å². The molecule has 4 aromatic rings. The number of likely N-dealkylation sites (N-methyl/N-ethyl adjacent to an activating group) is 1. The van der Waals surface area contributed by atoms with Crippen molar-refractivity contribution in [1.82, 2.24) is 14.9 Å². The topological polar surface area (TPSA) is 75.2 Å². The number of amides is 2. The molecule has 0 aliphatic carbocycles. The zero-order valence-corrected chi connectivity index (χ0v) is 20.5. The number of nitrogens with zero attached hydrogens (tertiary/aromatic N) is 3. The Balaban J connectivity index is 1.54. The van der Waals surface area contributed by atoms with Gasteiger partial charge in [0.25, 0.3) is 5.91 Å². The number of fused-ring (bicyclic) bond motifs is 1. The van der Waals surface area contributed by atoms with E-state index in [0.717, 1.165) is 25.7 Å². The molecule has 0 saturated heterocycles. The van der Waals surface area contributed by atoms with Crippen LogP contribution in [0.3, 0.4) is 0 Å². The summed E-state index contributed by atoms with van der Waals surface area (Å²) in [5.41, 5.74) is 3.32. The summed E-state index contributed by atoms with van der Waals surface area (Å²) in [7, 11) is 3.47. The highest BCUT2D eigenvalue weighted by Gasteiger charge is 2.17. The van der Waals surface area contributed by atoms with Crippen molar-refractivity contribution < 1.29 is 9.59 Å². The molecule has 8 heteroatoms. The minimum Gasteiger partial charge on any atom is -0.349 e. The van der Waals surface area contributed by atoms with Crippen LogP contribution in [-0.4, -0.2) is 40.8 Å². The maximum Gasteiger partial charge on any atom is 0.256 e. The van der Waals surface area contributed by atoms with Crippen molar-refractivity contribution in [2.24, 2.45) is 0 Å². The predicted octanol–water partition coefficient (Wildman–Crippen LogP) is 5.34. The SMILES string of the molecule is Cc1sc2ncnc(Sc3ccccc3C(=O)Nc3ccc(CC(=O)N(C)C)cc3)c2c1C. The van der Waals surface area contributed by atoms with Crippen LogP contribution >= 0.6 is 23.1 Å². The number of rotatable bonds is 6. The van der Waals surface area contributed by atoms with Crippen LogP contribution in [0.5, 0.6) is 0 Å². The van der Waals surface area contributed by atoms with E-state index in [9.17, 15) is 9.59 Å². The van der Waals surface area contributed by atoms with Crippen LogP contribution in [0.15, 0.2) is 64.8 Å². The first-order valence-corrected chi connectivity index (χ1v) is 12.0. The second-order valence-electron chi connectivity index (χ2n) is 7.86. The molecule has 0 unspecified atom stereocenters. The number of benzene rings is 2. The Hall–Kier alpha value is -3.23. The van der Waals surface area contributed by atoms with Gasteiger partial charge in [0.05, 0.1) is 12.0 Å². The molecule has 0 atom stereocenters. The Kier molecular flexibility index (Phi) is 6.76. The van der Waals surface area contributed by atoms with Crippen LogP contribution in [0, 0.1) is 13.8 Å². The minimum atomic E-state index is -0.196. The lowest BCUT2D eigenvalue weighted by atomic mass is 10.1. The number of aromatic nitrogens is 2. The third-order valence-corrected chi connectivity index (χ3v) is 7.53. The second kappa shape index (κ2) is 9.72. The number of hydrogen-bond donors (Lipinski definition) is 1. The summed E-state index contributed by atoms with van der Waals surface area (Å²) in [6.45, 7) is 4.16. The molecule has 0 fully saturated rings. The molecule has 0 radical (unpaired) electrons. The van der Waals surface area contributed by atoms with Gasteiger partial charge < -0.3 is 10.2 Å². The first-order chi connectivity index (χ1) is 15.8. The Bertz CT molecular complexity index is 1330. The van der Waals surface area contributed by atoms with Gasteiger partial charge in [-0.25, -0.2) is 9.97 Å². The molecule has 0 aliphatic heterocycles. The largest absolute Gasteiger partial charge is 0.349 e. The lowest BCUT2D eigenvalue weighted by Gasteiger charge is -2.12. The van der Waals surface area contributed by atoms with Crippen molar-refractivity contribution in [3.8, 4) is 0 Å². The standard InChI is InChI=1S/C25H24N4O2S2/c1-15-16(2)32-24-22(15)25(27-14-26-24)33-20-8-6-5-7-19(20)23(31)28-18-11-9-17(10-12-18)13-21(30)29(3)4/h5-12,14H,13H2,1-4H3,(H,28,31). The van der Waals surface area contributed by atoms with E-state index in [4.69, 9.17) is 0 Å². The fourth-order valence-electron chi connectivity index (χ4n) is 3.31. The van der Waals surface area contributed by atoms with E-state index in [1.807, 2.05) is 48.5 Å². The lowest BCUT2D eigenvalue weighted by molar-refractivity contribution is -0.127. The van der Waals surface area contributed by atoms with E-state index < -0.39 is 0 Å². The Morgan fingerprint density at radius 3 is 2.48 bits per heavy atom. The average Bonchev–Trinajstić information content (AvgIpc) is 3.09. The van der Waals surface area contributed by atoms with Gasteiger partial charge in [0.1, 0.15) is 16.2 Å². The van der Waals surface area contributed by atoms with Crippen molar-refractivity contribution in [1.29, 1.82) is 0 Å². The van der Waals surface area contributed by atoms with Gasteiger partial charge in [-0.3, -0.25) is 9.59 Å². The van der Waals surface area contributed by atoms with E-state index in [1.54, 1.807) is 36.7 Å². The van der Waals surface area contributed by atoms with E-state index in [0.29, 0.717) is 17.7 Å². The van der Waals surface area contributed by atoms with Crippen LogP contribution < -0.4 is 5.32 Å². The van der Waals surface area contributed by atoms with Gasteiger partial charge in [0, 0.05) is 34.9 Å². The fraction of sp³-hybridized carbons (Fsp3) is 0.200. The molecule has 168 valence electrons. The van der Waals surface area contributed by atoms with E-state index in [2.05, 4.69) is 29.1 Å². The van der Waals surface area contributed by atoms with Gasteiger partial charge in [-0.15, -0.1) is 11.3 Å². The first kappa shape index (κ1) is 22.9. The zero-order chi connectivity index (χ0) is 23.5. The molecule has 4 rings (SSSR count). The number of aryl methyl sites for hydroxylation is 2. The highest BCUT2D eigenvalue weighted by atomic mass is 32.2. The second-order valence-corrected chi connectivity index (χ2v) is 10.1. The van der Waals surface area contributed by atoms with E-state index >= 15 is 0 Å². The van der Waals surface area contributed by atoms with Crippen LogP contribution in [0.4, 0.5) is 5.69 Å². The number of thiophene rings is 1. The van der Waals surface area contributed by atoms with Crippen molar-refractivity contribution >= 4 is 50.8 Å². The quantitative estimate of drug-likeness (QED) is 0.380. The predicted molar refractivity (Wildman–Crippen MR) is 134 cm³/mol. The third kappa shape index (κ3) is 5.07. The molecule has 0 saturated carbocycles. The maximum absolute atomic E-state index is 13.1. The molecule has 0 bridgehead atoms. The number of carbonyl (C=O) groups is 2. The monoisotopic (exact) mass is 476 g/mol. The van der Waals surface area contributed by atoms with Crippen molar-refractivity contribution in [2.75, 3.05) is 19.4 Å². The number of hydrogen-bond acceptors (Lipinski definition) is 6. The van der Waals surface area contributed by atoms with Crippen LogP contribution in [0.2, 0.25) is 0 Å². The summed E-state index contributed by atoms with van der Waals surface area (Å²) >= 11 is 3.13. The lowest BCUT2D eigenvalue weighted by Crippen LogP contribution is -2.23. The van der Waals surface area contributed by atoms with Gasteiger partial charge in [-0.2, -0.15) is 0 Å². The van der Waals surface area contributed by atoms with Crippen molar-refractivity contribution in [2.45, 2.75) is 30.2 Å². The van der Waals surface area contributed by atoms with Gasteiger partial charge in [0.15, 0.2) is 0 Å². The fourth-order valence-corrected chi connectivity index (χ4v) is 5.45. The van der Waals surface area contributed by atoms with Gasteiger partial charge in [-0.1, -0.05) is 36.0 Å². The molecule has 2 heterocycles. The number of anilines is 1. The number of carbonyl (C=O) groups excluding carboxylic acids is 2. The summed E-state index contributed by atoms with van der Waals surface area (Å²) in [6.07, 6.45) is 1.90. The van der Waals surface area contributed by atoms with Crippen molar-refractivity contribution in [3.05, 3.63) is 76.4 Å². The Morgan fingerprint density at radius 1 is 1.03 bits per heavy atom. The highest BCUT2D eigenvalue weighted by molar-refractivity contribution is 7.99. The van der Waals surface area contributed by atoms with Crippen LogP contribution in [0.1, 0.15) is 26.4 Å². The summed E-state index contributed by atoms with van der Waals surface area (Å²) < 4.78 is 0. The van der Waals surface area contributed by atoms with Gasteiger partial charge in [0.2, 0.25) is 5.91 Å². The van der Waals surface area contributed by atoms with E-state index in [-0.39, 0.29) is 11.8 Å². The molecule has 2 aromatic heterocycles. The maximum atomic E-state index is 13.1. The molecule has 2 aromatic carbocycles. The third-order valence-electron chi connectivity index (χ3n) is 5.33. The molecule has 0 aliphatic rings. The Morgan fingerprint density at radius 2 is 1.76 bits per heavy atom. The first-order valence-electron chi connectivity index (χ1n) is 10.4. The summed E-state index contributed by atoms with van der Waals surface area (Å²) in [6, 6.07) is 14.9. The van der Waals surface area contributed by atoms with E-state index in [1.165, 1.54) is 22.2 Å². The summed E-state index contributed by atoms with van der Waals surface area (Å²) in [5.74, 6) is -0.161. The van der Waals surface area contributed by atoms with Crippen molar-refractivity contribution in [3.63, 3.8) is 0 Å². The molecular formula is C25H24N4O2S2. The minimum absolute atomic E-state index is 0.0348. The molecule has 33 heavy (non-hydrogen) atoms. The Labute approximate surface area is 201 Å². The highest BCUT2D eigenvalue weighted by Crippen LogP contribution is 2.38. The summed E-state index contributed by atoms with van der Waals surface area (Å²) in [4.78, 5) is 38.5. The normalized spacial score (nSPS) is 10.9. The zero-order valence-electron chi connectivity index (χ0n) is 18.9. The smallest absolute Gasteiger partial charge is 0.256 e. The molecule has 0 spiro atoms. The molecular weight excluding hydrogens is 452 g/mol. The number of nitrogens with one attached hydrogen (secondary N) is 1. The van der Waals surface area contributed by atoms with Gasteiger partial charge in [-0.05, 0) is 49.2 Å². The van der Waals surface area contributed by atoms with Crippen LogP contribution in [-0.2, 0) is 11.2 Å². The average molecular weight is 477 g/mol. The molecule has 2 amide bonds. The molecule has 6 nitrogen and oxygen atoms in total. The molecule has 1 N–H and O–H groups in total.